The first-order chi connectivity index (χ1) is 34.1. The topological polar surface area (TPSA) is 30.4 Å². The van der Waals surface area contributed by atoms with Gasteiger partial charge in [-0.25, -0.2) is 4.42 Å². The van der Waals surface area contributed by atoms with E-state index >= 15 is 0 Å². The van der Waals surface area contributed by atoms with E-state index in [4.69, 9.17) is 20.8 Å². The first kappa shape index (κ1) is 40.8. The number of hydrogen-bond acceptors (Lipinski definition) is 1. The Morgan fingerprint density at radius 3 is 1.67 bits per heavy atom. The zero-order chi connectivity index (χ0) is 45.8. The Kier molecular flexibility index (Phi) is 10.1. The van der Waals surface area contributed by atoms with Crippen molar-refractivity contribution < 1.29 is 9.15 Å². The fourth-order valence-corrected chi connectivity index (χ4v) is 10.8. The normalized spacial score (nSPS) is 15.3. The van der Waals surface area contributed by atoms with E-state index in [0.29, 0.717) is 0 Å². The highest BCUT2D eigenvalue weighted by Crippen LogP contribution is 2.42. The summed E-state index contributed by atoms with van der Waals surface area (Å²) in [5, 5.41) is 6.74. The number of allylic oxidation sites excluding steroid dienone is 8. The molecule has 328 valence electrons. The van der Waals surface area contributed by atoms with Gasteiger partial charge in [0.1, 0.15) is 11.5 Å². The minimum Gasteiger partial charge on any atom is -0.456 e. The van der Waals surface area contributed by atoms with Gasteiger partial charge in [-0.3, -0.25) is 0 Å². The summed E-state index contributed by atoms with van der Waals surface area (Å²) in [7, 11) is 0. The third-order valence-corrected chi connectivity index (χ3v) is 14.2. The van der Waals surface area contributed by atoms with Crippen molar-refractivity contribution in [2.45, 2.75) is 19.3 Å². The van der Waals surface area contributed by atoms with E-state index in [-0.39, 0.29) is 0 Å². The van der Waals surface area contributed by atoms with Crippen LogP contribution in [0.3, 0.4) is 0 Å². The maximum Gasteiger partial charge on any atom is 0.363 e. The van der Waals surface area contributed by atoms with E-state index in [9.17, 15) is 0 Å². The predicted molar refractivity (Wildman–Crippen MR) is 288 cm³/mol. The molecule has 3 aromatic heterocycles. The summed E-state index contributed by atoms with van der Waals surface area (Å²) in [6, 6.07) is 70.4. The molecule has 0 fully saturated rings. The summed E-state index contributed by atoms with van der Waals surface area (Å²) < 4.78 is 18.2. The van der Waals surface area contributed by atoms with Crippen LogP contribution in [0.5, 0.6) is 5.75 Å². The molecular weight excluding hydrogens is 864 g/mol. The molecule has 4 heterocycles. The molecule has 13 rings (SSSR count). The van der Waals surface area contributed by atoms with Gasteiger partial charge in [-0.15, -0.1) is 0 Å². The fraction of sp³-hybridized carbons (Fsp3) is 0.0469. The van der Waals surface area contributed by atoms with E-state index < -0.39 is 0 Å². The van der Waals surface area contributed by atoms with E-state index in [2.05, 4.69) is 228 Å². The minimum absolute atomic E-state index is 0.803. The number of para-hydroxylation sites is 4. The molecular formula is C64H44ClN2O2+. The van der Waals surface area contributed by atoms with Crippen molar-refractivity contribution in [3.8, 4) is 28.4 Å². The van der Waals surface area contributed by atoms with Crippen molar-refractivity contribution in [2.24, 2.45) is 0 Å². The second kappa shape index (κ2) is 17.0. The minimum atomic E-state index is 0.803. The van der Waals surface area contributed by atoms with Gasteiger partial charge in [0.25, 0.3) is 0 Å². The molecule has 0 spiro atoms. The number of halogens is 1. The molecule has 69 heavy (non-hydrogen) atoms. The van der Waals surface area contributed by atoms with Crippen molar-refractivity contribution in [1.82, 2.24) is 9.13 Å². The molecule has 0 bridgehead atoms. The number of fused-ring (bicyclic) bond motifs is 8. The average Bonchev–Trinajstić information content (AvgIpc) is 3.93. The van der Waals surface area contributed by atoms with Gasteiger partial charge in [0.15, 0.2) is 0 Å². The third-order valence-electron chi connectivity index (χ3n) is 13.7. The third kappa shape index (κ3) is 7.20. The van der Waals surface area contributed by atoms with Crippen LogP contribution in [0, 0.1) is 0 Å². The molecule has 1 aliphatic carbocycles. The smallest absolute Gasteiger partial charge is 0.363 e. The van der Waals surface area contributed by atoms with Crippen LogP contribution >= 0.6 is 11.6 Å². The van der Waals surface area contributed by atoms with Crippen LogP contribution in [0.15, 0.2) is 245 Å². The van der Waals surface area contributed by atoms with E-state index in [1.807, 2.05) is 12.1 Å². The molecule has 2 aliphatic rings. The maximum absolute atomic E-state index is 7.42. The Morgan fingerprint density at radius 2 is 1.04 bits per heavy atom. The van der Waals surface area contributed by atoms with E-state index in [1.165, 1.54) is 21.5 Å². The van der Waals surface area contributed by atoms with Gasteiger partial charge in [0, 0.05) is 55.0 Å². The SMILES string of the molecule is ClC1=C(/C=C/c2cc(-c3ccccc3)[o+]c3cc(-n4c5ccccc5c5ccccc54)ccc23)CCC/C1=C\C=C1/C=C(c2ccccc2)Oc2cc(-n3c4ccccc4c4ccccc43)ccc21. The molecule has 0 saturated heterocycles. The van der Waals surface area contributed by atoms with Crippen LogP contribution in [-0.2, 0) is 0 Å². The molecule has 5 heteroatoms. The summed E-state index contributed by atoms with van der Waals surface area (Å²) in [6.45, 7) is 0. The fourth-order valence-electron chi connectivity index (χ4n) is 10.4. The van der Waals surface area contributed by atoms with Crippen molar-refractivity contribution >= 4 is 83.6 Å². The van der Waals surface area contributed by atoms with Crippen LogP contribution in [0.2, 0.25) is 0 Å². The number of rotatable bonds is 7. The van der Waals surface area contributed by atoms with Crippen LogP contribution in [0.1, 0.15) is 36.0 Å². The Bertz CT molecular complexity index is 3910. The molecule has 0 N–H and O–H groups in total. The number of nitrogens with zero attached hydrogens (tertiary/aromatic N) is 2. The predicted octanol–water partition coefficient (Wildman–Crippen LogP) is 17.7. The molecule has 0 atom stereocenters. The highest BCUT2D eigenvalue weighted by molar-refractivity contribution is 6.32. The lowest BCUT2D eigenvalue weighted by Crippen LogP contribution is -2.05. The Hall–Kier alpha value is -8.44. The molecule has 1 aliphatic heterocycles. The van der Waals surface area contributed by atoms with Crippen LogP contribution in [-0.4, -0.2) is 9.13 Å². The number of aromatic nitrogens is 2. The second-order valence-electron chi connectivity index (χ2n) is 17.8. The summed E-state index contributed by atoms with van der Waals surface area (Å²) in [5.41, 5.74) is 15.0. The molecule has 0 unspecified atom stereocenters. The first-order valence-electron chi connectivity index (χ1n) is 23.6. The van der Waals surface area contributed by atoms with Gasteiger partial charge in [0.05, 0.1) is 50.8 Å². The highest BCUT2D eigenvalue weighted by atomic mass is 35.5. The van der Waals surface area contributed by atoms with Crippen LogP contribution in [0.4, 0.5) is 0 Å². The quantitative estimate of drug-likeness (QED) is 0.149. The van der Waals surface area contributed by atoms with Gasteiger partial charge < -0.3 is 13.9 Å². The summed E-state index contributed by atoms with van der Waals surface area (Å²) in [6.07, 6.45) is 13.8. The lowest BCUT2D eigenvalue weighted by molar-refractivity contribution is 0.509. The van der Waals surface area contributed by atoms with Crippen molar-refractivity contribution in [3.05, 3.63) is 257 Å². The van der Waals surface area contributed by atoms with Gasteiger partial charge in [-0.1, -0.05) is 157 Å². The van der Waals surface area contributed by atoms with Gasteiger partial charge in [-0.05, 0) is 103 Å². The largest absolute Gasteiger partial charge is 0.456 e. The van der Waals surface area contributed by atoms with Gasteiger partial charge in [0.2, 0.25) is 0 Å². The summed E-state index contributed by atoms with van der Waals surface area (Å²) >= 11 is 7.42. The van der Waals surface area contributed by atoms with Crippen LogP contribution in [0.25, 0.3) is 94.7 Å². The van der Waals surface area contributed by atoms with Crippen molar-refractivity contribution in [1.29, 1.82) is 0 Å². The molecule has 11 aromatic rings. The zero-order valence-corrected chi connectivity index (χ0v) is 38.4. The first-order valence-corrected chi connectivity index (χ1v) is 24.0. The highest BCUT2D eigenvalue weighted by Gasteiger charge is 2.23. The average molecular weight is 909 g/mol. The second-order valence-corrected chi connectivity index (χ2v) is 18.2. The molecule has 0 saturated carbocycles. The maximum atomic E-state index is 7.42. The van der Waals surface area contributed by atoms with E-state index in [0.717, 1.165) is 125 Å². The summed E-state index contributed by atoms with van der Waals surface area (Å²) in [4.78, 5) is 0. The lowest BCUT2D eigenvalue weighted by Gasteiger charge is -2.22. The standard InChI is InChI=1S/C64H44ClN2O2/c65-64-44(30-32-46-38-60(42-16-3-1-4-17-42)68-62-40-48(34-36-50(46)62)66-56-26-11-7-22-52(56)53-23-8-12-27-57(53)66)20-15-21-45(64)31-33-47-39-61(43-18-5-2-6-19-43)69-63-41-49(35-37-51(47)63)67-58-28-13-9-24-54(58)55-25-10-14-29-59(55)67/h1-14,16-19,22-41H,15,20-21H2/q+1. The zero-order valence-electron chi connectivity index (χ0n) is 37.6. The number of ether oxygens (including phenoxy) is 1. The number of hydrogen-bond donors (Lipinski definition) is 0. The monoisotopic (exact) mass is 907 g/mol. The van der Waals surface area contributed by atoms with Crippen molar-refractivity contribution in [3.63, 3.8) is 0 Å². The Balaban J connectivity index is 0.883. The van der Waals surface area contributed by atoms with Crippen LogP contribution < -0.4 is 4.74 Å². The molecule has 0 radical (unpaired) electrons. The van der Waals surface area contributed by atoms with Gasteiger partial charge >= 0.3 is 11.3 Å². The lowest BCUT2D eigenvalue weighted by atomic mass is 9.92. The molecule has 0 amide bonds. The molecule has 4 nitrogen and oxygen atoms in total. The van der Waals surface area contributed by atoms with Crippen molar-refractivity contribution in [2.75, 3.05) is 0 Å². The van der Waals surface area contributed by atoms with Gasteiger partial charge in [-0.2, -0.15) is 0 Å². The van der Waals surface area contributed by atoms with E-state index in [1.54, 1.807) is 0 Å². The Morgan fingerprint density at radius 1 is 0.493 bits per heavy atom. The molecule has 8 aromatic carbocycles. The summed E-state index contributed by atoms with van der Waals surface area (Å²) in [5.74, 6) is 2.42. The Labute approximate surface area is 404 Å². The number of benzene rings is 8.